The average molecular weight is 376 g/mol. The number of carbonyl (C=O) groups excluding carboxylic acids is 1. The number of hydrogen-bond acceptors (Lipinski definition) is 7. The first kappa shape index (κ1) is 23.3. The highest BCUT2D eigenvalue weighted by atomic mass is 16.7. The highest BCUT2D eigenvalue weighted by molar-refractivity contribution is 5.69. The minimum atomic E-state index is -1.40. The first-order valence-corrected chi connectivity index (χ1v) is 9.98. The Bertz CT molecular complexity index is 377. The van der Waals surface area contributed by atoms with Crippen LogP contribution in [0.1, 0.15) is 71.6 Å². The van der Waals surface area contributed by atoms with Crippen LogP contribution in [0.3, 0.4) is 0 Å². The van der Waals surface area contributed by atoms with E-state index in [0.29, 0.717) is 13.0 Å². The number of carbonyl (C=O) groups is 1. The lowest BCUT2D eigenvalue weighted by atomic mass is 9.99. The third-order valence-electron chi connectivity index (χ3n) is 4.59. The number of rotatable bonds is 13. The SMILES string of the molecule is CCCCCCCCC(=O)OC[C@H]1OC(OCCCC)[C@H](O)[C@@H](O)[C@@H]1O. The van der Waals surface area contributed by atoms with E-state index in [1.165, 1.54) is 19.3 Å². The van der Waals surface area contributed by atoms with E-state index < -0.39 is 30.7 Å². The van der Waals surface area contributed by atoms with E-state index in [1.54, 1.807) is 0 Å². The van der Waals surface area contributed by atoms with Crippen LogP contribution in [0.4, 0.5) is 0 Å². The highest BCUT2D eigenvalue weighted by Gasteiger charge is 2.44. The molecule has 26 heavy (non-hydrogen) atoms. The van der Waals surface area contributed by atoms with E-state index in [2.05, 4.69) is 6.92 Å². The van der Waals surface area contributed by atoms with Gasteiger partial charge in [0.2, 0.25) is 0 Å². The van der Waals surface area contributed by atoms with Gasteiger partial charge < -0.3 is 29.5 Å². The van der Waals surface area contributed by atoms with Crippen LogP contribution in [0.15, 0.2) is 0 Å². The summed E-state index contributed by atoms with van der Waals surface area (Å²) in [7, 11) is 0. The topological polar surface area (TPSA) is 105 Å². The molecule has 5 atom stereocenters. The number of ether oxygens (including phenoxy) is 3. The molecule has 7 nitrogen and oxygen atoms in total. The summed E-state index contributed by atoms with van der Waals surface area (Å²) in [5, 5.41) is 29.9. The molecule has 0 saturated carbocycles. The van der Waals surface area contributed by atoms with Crippen LogP contribution in [-0.2, 0) is 19.0 Å². The van der Waals surface area contributed by atoms with E-state index in [4.69, 9.17) is 14.2 Å². The van der Waals surface area contributed by atoms with Crippen molar-refractivity contribution in [2.24, 2.45) is 0 Å². The summed E-state index contributed by atoms with van der Waals surface area (Å²) >= 11 is 0. The molecule has 1 saturated heterocycles. The van der Waals surface area contributed by atoms with Crippen LogP contribution < -0.4 is 0 Å². The average Bonchev–Trinajstić information content (AvgIpc) is 2.63. The van der Waals surface area contributed by atoms with Crippen LogP contribution in [0.5, 0.6) is 0 Å². The number of aliphatic hydroxyl groups is 3. The molecule has 1 unspecified atom stereocenters. The lowest BCUT2D eigenvalue weighted by Crippen LogP contribution is -2.59. The predicted molar refractivity (Wildman–Crippen MR) is 96.5 cm³/mol. The van der Waals surface area contributed by atoms with Gasteiger partial charge in [-0.25, -0.2) is 0 Å². The van der Waals surface area contributed by atoms with Crippen molar-refractivity contribution in [2.75, 3.05) is 13.2 Å². The van der Waals surface area contributed by atoms with Gasteiger partial charge in [-0.2, -0.15) is 0 Å². The third-order valence-corrected chi connectivity index (χ3v) is 4.59. The smallest absolute Gasteiger partial charge is 0.305 e. The van der Waals surface area contributed by atoms with E-state index in [9.17, 15) is 20.1 Å². The summed E-state index contributed by atoms with van der Waals surface area (Å²) in [6, 6.07) is 0. The van der Waals surface area contributed by atoms with Gasteiger partial charge in [0.25, 0.3) is 0 Å². The van der Waals surface area contributed by atoms with Gasteiger partial charge in [0, 0.05) is 13.0 Å². The molecule has 3 N–H and O–H groups in total. The third kappa shape index (κ3) is 8.31. The molecule has 1 fully saturated rings. The van der Waals surface area contributed by atoms with Crippen molar-refractivity contribution in [1.29, 1.82) is 0 Å². The van der Waals surface area contributed by atoms with Gasteiger partial charge in [-0.15, -0.1) is 0 Å². The Morgan fingerprint density at radius 2 is 1.54 bits per heavy atom. The summed E-state index contributed by atoms with van der Waals surface area (Å²) in [6.45, 7) is 4.37. The van der Waals surface area contributed by atoms with Crippen molar-refractivity contribution in [3.8, 4) is 0 Å². The fraction of sp³-hybridized carbons (Fsp3) is 0.947. The Hall–Kier alpha value is -0.730. The van der Waals surface area contributed by atoms with Gasteiger partial charge in [0.05, 0.1) is 0 Å². The van der Waals surface area contributed by atoms with Crippen molar-refractivity contribution in [3.63, 3.8) is 0 Å². The maximum atomic E-state index is 11.8. The quantitative estimate of drug-likeness (QED) is 0.333. The van der Waals surface area contributed by atoms with Crippen molar-refractivity contribution >= 4 is 5.97 Å². The van der Waals surface area contributed by atoms with Crippen molar-refractivity contribution in [2.45, 2.75) is 102 Å². The summed E-state index contributed by atoms with van der Waals surface area (Å²) in [4.78, 5) is 11.8. The number of hydrogen-bond donors (Lipinski definition) is 3. The molecule has 0 spiro atoms. The maximum absolute atomic E-state index is 11.8. The van der Waals surface area contributed by atoms with Gasteiger partial charge in [-0.3, -0.25) is 4.79 Å². The van der Waals surface area contributed by atoms with Gasteiger partial charge in [-0.1, -0.05) is 52.4 Å². The number of esters is 1. The van der Waals surface area contributed by atoms with E-state index in [0.717, 1.165) is 32.1 Å². The van der Waals surface area contributed by atoms with E-state index >= 15 is 0 Å². The van der Waals surface area contributed by atoms with Crippen molar-refractivity contribution in [3.05, 3.63) is 0 Å². The fourth-order valence-corrected chi connectivity index (χ4v) is 2.83. The molecule has 1 aliphatic heterocycles. The van der Waals surface area contributed by atoms with Gasteiger partial charge in [0.15, 0.2) is 6.29 Å². The first-order valence-electron chi connectivity index (χ1n) is 9.98. The van der Waals surface area contributed by atoms with Gasteiger partial charge >= 0.3 is 5.97 Å². The summed E-state index contributed by atoms with van der Waals surface area (Å²) in [5.74, 6) is -0.347. The number of unbranched alkanes of at least 4 members (excludes halogenated alkanes) is 6. The first-order chi connectivity index (χ1) is 12.5. The molecule has 154 valence electrons. The number of aliphatic hydroxyl groups excluding tert-OH is 3. The Balaban J connectivity index is 2.31. The van der Waals surface area contributed by atoms with Crippen LogP contribution in [0.25, 0.3) is 0 Å². The minimum Gasteiger partial charge on any atom is -0.463 e. The molecule has 0 aromatic rings. The normalized spacial score (nSPS) is 28.9. The van der Waals surface area contributed by atoms with Gasteiger partial charge in [-0.05, 0) is 12.8 Å². The summed E-state index contributed by atoms with van der Waals surface area (Å²) < 4.78 is 16.1. The Morgan fingerprint density at radius 1 is 0.885 bits per heavy atom. The predicted octanol–water partition coefficient (Wildman–Crippen LogP) is 1.90. The molecule has 0 radical (unpaired) electrons. The molecule has 0 aromatic heterocycles. The van der Waals surface area contributed by atoms with Crippen molar-refractivity contribution < 1.29 is 34.3 Å². The zero-order chi connectivity index (χ0) is 19.4. The van der Waals surface area contributed by atoms with Gasteiger partial charge in [0.1, 0.15) is 31.0 Å². The van der Waals surface area contributed by atoms with Crippen molar-refractivity contribution in [1.82, 2.24) is 0 Å². The second-order valence-corrected chi connectivity index (χ2v) is 6.94. The highest BCUT2D eigenvalue weighted by Crippen LogP contribution is 2.23. The molecule has 1 aliphatic rings. The molecule has 1 rings (SSSR count). The van der Waals surface area contributed by atoms with E-state index in [1.807, 2.05) is 6.92 Å². The maximum Gasteiger partial charge on any atom is 0.305 e. The molecular weight excluding hydrogens is 340 g/mol. The molecule has 0 aromatic carbocycles. The minimum absolute atomic E-state index is 0.173. The molecule has 0 amide bonds. The monoisotopic (exact) mass is 376 g/mol. The zero-order valence-electron chi connectivity index (χ0n) is 16.1. The van der Waals surface area contributed by atoms with E-state index in [-0.39, 0.29) is 12.6 Å². The molecule has 0 bridgehead atoms. The second-order valence-electron chi connectivity index (χ2n) is 6.94. The fourth-order valence-electron chi connectivity index (χ4n) is 2.83. The largest absolute Gasteiger partial charge is 0.463 e. The molecule has 7 heteroatoms. The standard InChI is InChI=1S/C19H36O7/c1-3-5-7-8-9-10-11-15(20)25-13-14-16(21)17(22)18(23)19(26-14)24-12-6-4-2/h14,16-19,21-23H,3-13H2,1-2H3/t14-,16-,17+,18-,19?/m1/s1. The Morgan fingerprint density at radius 3 is 2.23 bits per heavy atom. The second kappa shape index (κ2) is 13.4. The summed E-state index contributed by atoms with van der Waals surface area (Å²) in [6.07, 6.45) is 2.50. The van der Waals surface area contributed by atoms with Crippen LogP contribution in [-0.4, -0.2) is 65.2 Å². The zero-order valence-corrected chi connectivity index (χ0v) is 16.1. The summed E-state index contributed by atoms with van der Waals surface area (Å²) in [5.41, 5.74) is 0. The molecule has 0 aliphatic carbocycles. The van der Waals surface area contributed by atoms with Crippen LogP contribution in [0, 0.1) is 0 Å². The Kier molecular flexibility index (Phi) is 12.0. The molecule has 1 heterocycles. The lowest BCUT2D eigenvalue weighted by Gasteiger charge is -2.39. The van der Waals surface area contributed by atoms with Crippen LogP contribution in [0.2, 0.25) is 0 Å². The Labute approximate surface area is 156 Å². The molecular formula is C19H36O7. The van der Waals surface area contributed by atoms with Crippen LogP contribution >= 0.6 is 0 Å². The lowest BCUT2D eigenvalue weighted by molar-refractivity contribution is -0.301.